The lowest BCUT2D eigenvalue weighted by Crippen LogP contribution is -2.01. The molecule has 0 bridgehead atoms. The van der Waals surface area contributed by atoms with Crippen molar-refractivity contribution in [3.63, 3.8) is 0 Å². The van der Waals surface area contributed by atoms with Gasteiger partial charge in [0.25, 0.3) is 0 Å². The topological polar surface area (TPSA) is 0 Å². The van der Waals surface area contributed by atoms with E-state index in [9.17, 15) is 0 Å². The van der Waals surface area contributed by atoms with Crippen LogP contribution in [0.2, 0.25) is 0 Å². The molecule has 0 fully saturated rings. The molecule has 0 nitrogen and oxygen atoms in total. The molecule has 0 aromatic heterocycles. The molecule has 1 rings (SSSR count). The predicted molar refractivity (Wildman–Crippen MR) is 55.1 cm³/mol. The molecule has 0 radical (unpaired) electrons. The summed E-state index contributed by atoms with van der Waals surface area (Å²) in [5.41, 5.74) is 1.65. The van der Waals surface area contributed by atoms with Gasteiger partial charge in [-0.1, -0.05) is 50.5 Å². The van der Waals surface area contributed by atoms with Gasteiger partial charge in [0.05, 0.1) is 0 Å². The van der Waals surface area contributed by atoms with Crippen molar-refractivity contribution in [2.75, 3.05) is 0 Å². The Labute approximate surface area is 76.4 Å². The zero-order valence-electron chi connectivity index (χ0n) is 8.34. The first-order chi connectivity index (χ1) is 5.86. The van der Waals surface area contributed by atoms with Crippen molar-refractivity contribution < 1.29 is 0 Å². The minimum Gasteiger partial charge on any atom is -0.0811 e. The van der Waals surface area contributed by atoms with Gasteiger partial charge >= 0.3 is 0 Å². The van der Waals surface area contributed by atoms with E-state index in [4.69, 9.17) is 0 Å². The fourth-order valence-electron chi connectivity index (χ4n) is 1.90. The smallest absolute Gasteiger partial charge is 0.0193 e. The second kappa shape index (κ2) is 5.18. The van der Waals surface area contributed by atoms with Crippen molar-refractivity contribution in [1.29, 1.82) is 0 Å². The molecule has 1 atom stereocenters. The highest BCUT2D eigenvalue weighted by Crippen LogP contribution is 2.25. The third kappa shape index (κ3) is 2.84. The maximum Gasteiger partial charge on any atom is -0.0193 e. The van der Waals surface area contributed by atoms with Crippen LogP contribution in [-0.4, -0.2) is 0 Å². The van der Waals surface area contributed by atoms with Gasteiger partial charge in [-0.2, -0.15) is 0 Å². The van der Waals surface area contributed by atoms with Gasteiger partial charge in [-0.25, -0.2) is 0 Å². The summed E-state index contributed by atoms with van der Waals surface area (Å²) < 4.78 is 0. The van der Waals surface area contributed by atoms with E-state index in [1.807, 2.05) is 0 Å². The molecule has 12 heavy (non-hydrogen) atoms. The van der Waals surface area contributed by atoms with E-state index >= 15 is 0 Å². The summed E-state index contributed by atoms with van der Waals surface area (Å²) in [5.74, 6) is 0.835. The van der Waals surface area contributed by atoms with Crippen molar-refractivity contribution in [3.05, 3.63) is 23.8 Å². The van der Waals surface area contributed by atoms with Crippen molar-refractivity contribution in [2.45, 2.75) is 46.0 Å². The zero-order chi connectivity index (χ0) is 8.81. The summed E-state index contributed by atoms with van der Waals surface area (Å²) in [6, 6.07) is 0. The molecule has 1 unspecified atom stereocenters. The summed E-state index contributed by atoms with van der Waals surface area (Å²) >= 11 is 0. The van der Waals surface area contributed by atoms with Gasteiger partial charge in [-0.3, -0.25) is 0 Å². The summed E-state index contributed by atoms with van der Waals surface area (Å²) in [5, 5.41) is 0. The van der Waals surface area contributed by atoms with E-state index in [1.54, 1.807) is 5.57 Å². The van der Waals surface area contributed by atoms with E-state index in [0.29, 0.717) is 0 Å². The van der Waals surface area contributed by atoms with Gasteiger partial charge in [0.1, 0.15) is 0 Å². The Balaban J connectivity index is 2.38. The molecular weight excluding hydrogens is 144 g/mol. The van der Waals surface area contributed by atoms with Gasteiger partial charge in [0.15, 0.2) is 0 Å². The zero-order valence-corrected chi connectivity index (χ0v) is 8.34. The lowest BCUT2D eigenvalue weighted by Gasteiger charge is -2.17. The van der Waals surface area contributed by atoms with Crippen LogP contribution < -0.4 is 0 Å². The van der Waals surface area contributed by atoms with E-state index in [-0.39, 0.29) is 0 Å². The molecule has 68 valence electrons. The Morgan fingerprint density at radius 2 is 2.17 bits per heavy atom. The van der Waals surface area contributed by atoms with Crippen LogP contribution in [0, 0.1) is 5.92 Å². The SMILES string of the molecule is CCCC1=CC=CC(CCC)C1. The Kier molecular flexibility index (Phi) is 4.13. The molecule has 0 N–H and O–H groups in total. The maximum absolute atomic E-state index is 2.36. The van der Waals surface area contributed by atoms with Crippen LogP contribution >= 0.6 is 0 Å². The molecule has 1 aliphatic carbocycles. The third-order valence-electron chi connectivity index (χ3n) is 2.47. The average molecular weight is 164 g/mol. The number of rotatable bonds is 4. The molecular formula is C12H20. The summed E-state index contributed by atoms with van der Waals surface area (Å²) in [6.07, 6.45) is 13.5. The monoisotopic (exact) mass is 164 g/mol. The van der Waals surface area contributed by atoms with Crippen LogP contribution in [0.4, 0.5) is 0 Å². The van der Waals surface area contributed by atoms with Crippen LogP contribution in [0.5, 0.6) is 0 Å². The van der Waals surface area contributed by atoms with E-state index in [1.165, 1.54) is 32.1 Å². The second-order valence-electron chi connectivity index (χ2n) is 3.71. The minimum atomic E-state index is 0.835. The summed E-state index contributed by atoms with van der Waals surface area (Å²) in [6.45, 7) is 4.53. The first-order valence-corrected chi connectivity index (χ1v) is 5.23. The molecule has 0 aromatic carbocycles. The highest BCUT2D eigenvalue weighted by Gasteiger charge is 2.09. The molecule has 0 saturated heterocycles. The normalized spacial score (nSPS) is 22.5. The molecule has 0 saturated carbocycles. The third-order valence-corrected chi connectivity index (χ3v) is 2.47. The first kappa shape index (κ1) is 9.57. The van der Waals surface area contributed by atoms with Crippen LogP contribution in [0.25, 0.3) is 0 Å². The second-order valence-corrected chi connectivity index (χ2v) is 3.71. The highest BCUT2D eigenvalue weighted by atomic mass is 14.1. The Bertz CT molecular complexity index is 174. The Hall–Kier alpha value is -0.520. The van der Waals surface area contributed by atoms with E-state index in [2.05, 4.69) is 32.1 Å². The number of hydrogen-bond acceptors (Lipinski definition) is 0. The lowest BCUT2D eigenvalue weighted by atomic mass is 9.89. The fourth-order valence-corrected chi connectivity index (χ4v) is 1.90. The Morgan fingerprint density at radius 1 is 1.33 bits per heavy atom. The number of hydrogen-bond donors (Lipinski definition) is 0. The standard InChI is InChI=1S/C12H20/c1-3-6-11-8-5-9-12(10-11)7-4-2/h5,8-9,11H,3-4,6-7,10H2,1-2H3. The van der Waals surface area contributed by atoms with E-state index < -0.39 is 0 Å². The first-order valence-electron chi connectivity index (χ1n) is 5.23. The van der Waals surface area contributed by atoms with Gasteiger partial charge in [0, 0.05) is 0 Å². The molecule has 0 spiro atoms. The summed E-state index contributed by atoms with van der Waals surface area (Å²) in [4.78, 5) is 0. The van der Waals surface area contributed by atoms with Gasteiger partial charge in [-0.15, -0.1) is 0 Å². The molecule has 0 heterocycles. The van der Waals surface area contributed by atoms with E-state index in [0.717, 1.165) is 5.92 Å². The van der Waals surface area contributed by atoms with Gasteiger partial charge in [0.2, 0.25) is 0 Å². The predicted octanol–water partition coefficient (Wildman–Crippen LogP) is 4.09. The van der Waals surface area contributed by atoms with Crippen LogP contribution in [0.1, 0.15) is 46.0 Å². The van der Waals surface area contributed by atoms with Crippen LogP contribution in [-0.2, 0) is 0 Å². The maximum atomic E-state index is 2.36. The van der Waals surface area contributed by atoms with Crippen molar-refractivity contribution >= 4 is 0 Å². The van der Waals surface area contributed by atoms with Crippen molar-refractivity contribution in [2.24, 2.45) is 5.92 Å². The lowest BCUT2D eigenvalue weighted by molar-refractivity contribution is 0.558. The van der Waals surface area contributed by atoms with Crippen LogP contribution in [0.3, 0.4) is 0 Å². The molecule has 0 heteroatoms. The largest absolute Gasteiger partial charge is 0.0811 e. The fraction of sp³-hybridized carbons (Fsp3) is 0.667. The van der Waals surface area contributed by atoms with Gasteiger partial charge in [-0.05, 0) is 25.2 Å². The molecule has 0 amide bonds. The molecule has 1 aliphatic rings. The highest BCUT2D eigenvalue weighted by molar-refractivity contribution is 5.19. The number of allylic oxidation sites excluding steroid dienone is 4. The van der Waals surface area contributed by atoms with Crippen molar-refractivity contribution in [1.82, 2.24) is 0 Å². The Morgan fingerprint density at radius 3 is 2.83 bits per heavy atom. The minimum absolute atomic E-state index is 0.835. The summed E-state index contributed by atoms with van der Waals surface area (Å²) in [7, 11) is 0. The van der Waals surface area contributed by atoms with Gasteiger partial charge < -0.3 is 0 Å². The quantitative estimate of drug-likeness (QED) is 0.587. The molecule has 0 aromatic rings. The van der Waals surface area contributed by atoms with Crippen LogP contribution in [0.15, 0.2) is 23.8 Å². The van der Waals surface area contributed by atoms with Crippen molar-refractivity contribution in [3.8, 4) is 0 Å². The molecule has 0 aliphatic heterocycles. The average Bonchev–Trinajstić information content (AvgIpc) is 2.06.